The summed E-state index contributed by atoms with van der Waals surface area (Å²) in [5.74, 6) is -0.417. The smallest absolute Gasteiger partial charge is 0.258 e. The first kappa shape index (κ1) is 24.9. The molecule has 0 amide bonds. The van der Waals surface area contributed by atoms with Crippen molar-refractivity contribution in [3.8, 4) is 11.3 Å². The van der Waals surface area contributed by atoms with E-state index >= 15 is 0 Å². The number of aromatic nitrogens is 2. The van der Waals surface area contributed by atoms with Crippen molar-refractivity contribution in [2.75, 3.05) is 6.61 Å². The van der Waals surface area contributed by atoms with Gasteiger partial charge in [-0.05, 0) is 45.0 Å². The Labute approximate surface area is 187 Å². The van der Waals surface area contributed by atoms with E-state index in [1.165, 1.54) is 18.3 Å². The molecule has 0 N–H and O–H groups in total. The monoisotopic (exact) mass is 517 g/mol. The summed E-state index contributed by atoms with van der Waals surface area (Å²) >= 11 is 3.41. The molecule has 0 fully saturated rings. The van der Waals surface area contributed by atoms with E-state index in [9.17, 15) is 12.8 Å². The minimum Gasteiger partial charge on any atom is -0.360 e. The number of benzene rings is 1. The van der Waals surface area contributed by atoms with E-state index in [0.29, 0.717) is 27.9 Å². The summed E-state index contributed by atoms with van der Waals surface area (Å²) in [6, 6.07) is 5.29. The van der Waals surface area contributed by atoms with Crippen LogP contribution in [0.2, 0.25) is 25.7 Å². The maximum Gasteiger partial charge on any atom is 0.258 e. The van der Waals surface area contributed by atoms with Gasteiger partial charge in [-0.1, -0.05) is 35.6 Å². The van der Waals surface area contributed by atoms with Crippen LogP contribution in [-0.2, 0) is 21.5 Å². The van der Waals surface area contributed by atoms with Crippen LogP contribution in [-0.4, -0.2) is 43.8 Å². The molecule has 0 atom stereocenters. The fourth-order valence-corrected chi connectivity index (χ4v) is 4.07. The summed E-state index contributed by atoms with van der Waals surface area (Å²) in [6.45, 7) is 12.4. The minimum atomic E-state index is -3.72. The lowest BCUT2D eigenvalue weighted by molar-refractivity contribution is 0.0787. The summed E-state index contributed by atoms with van der Waals surface area (Å²) in [6.07, 6.45) is 2.92. The van der Waals surface area contributed by atoms with Gasteiger partial charge in [-0.25, -0.2) is 17.5 Å². The van der Waals surface area contributed by atoms with E-state index in [1.807, 2.05) is 0 Å². The van der Waals surface area contributed by atoms with Crippen LogP contribution in [0.15, 0.2) is 33.3 Å². The molecule has 0 saturated heterocycles. The van der Waals surface area contributed by atoms with Crippen LogP contribution in [0.4, 0.5) is 4.39 Å². The molecule has 0 spiro atoms. The summed E-state index contributed by atoms with van der Waals surface area (Å²) in [4.78, 5) is 0. The average molecular weight is 519 g/mol. The number of ether oxygens (including phenoxy) is 1. The van der Waals surface area contributed by atoms with E-state index in [2.05, 4.69) is 45.1 Å². The molecule has 1 aromatic heterocycles. The topological polar surface area (TPSA) is 73.5 Å². The van der Waals surface area contributed by atoms with Crippen molar-refractivity contribution in [1.29, 1.82) is 0 Å². The Balaban J connectivity index is 2.38. The zero-order valence-electron chi connectivity index (χ0n) is 18.2. The second kappa shape index (κ2) is 9.42. The molecule has 30 heavy (non-hydrogen) atoms. The van der Waals surface area contributed by atoms with Crippen LogP contribution in [0, 0.1) is 5.82 Å². The van der Waals surface area contributed by atoms with Gasteiger partial charge in [0.2, 0.25) is 0 Å². The van der Waals surface area contributed by atoms with E-state index in [0.717, 1.165) is 6.04 Å². The average Bonchev–Trinajstić information content (AvgIpc) is 3.00. The highest BCUT2D eigenvalue weighted by molar-refractivity contribution is 9.10. The fraction of sp³-hybridized carbons (Fsp3) is 0.500. The lowest BCUT2D eigenvalue weighted by Gasteiger charge is -2.15. The highest BCUT2D eigenvalue weighted by Gasteiger charge is 2.28. The molecule has 0 unspecified atom stereocenters. The van der Waals surface area contributed by atoms with Gasteiger partial charge in [0.15, 0.2) is 0 Å². The van der Waals surface area contributed by atoms with Crippen LogP contribution in [0.1, 0.15) is 26.3 Å². The Hall–Kier alpha value is -1.36. The van der Waals surface area contributed by atoms with Crippen LogP contribution in [0.25, 0.3) is 11.3 Å². The van der Waals surface area contributed by atoms with Crippen LogP contribution >= 0.6 is 15.9 Å². The van der Waals surface area contributed by atoms with Crippen molar-refractivity contribution in [3.05, 3.63) is 40.2 Å². The first-order chi connectivity index (χ1) is 13.7. The van der Waals surface area contributed by atoms with Crippen molar-refractivity contribution in [1.82, 2.24) is 9.78 Å². The first-order valence-electron chi connectivity index (χ1n) is 9.60. The molecule has 0 aliphatic rings. The van der Waals surface area contributed by atoms with Gasteiger partial charge in [0.05, 0.1) is 11.0 Å². The molecule has 0 saturated carbocycles. The summed E-state index contributed by atoms with van der Waals surface area (Å²) in [5.41, 5.74) is 1.39. The van der Waals surface area contributed by atoms with Gasteiger partial charge in [0.1, 0.15) is 18.2 Å². The summed E-state index contributed by atoms with van der Waals surface area (Å²) in [7, 11) is -4.93. The predicted molar refractivity (Wildman–Crippen MR) is 126 cm³/mol. The highest BCUT2D eigenvalue weighted by atomic mass is 79.9. The normalized spacial score (nSPS) is 13.3. The van der Waals surface area contributed by atoms with Gasteiger partial charge in [-0.2, -0.15) is 9.50 Å². The Kier molecular flexibility index (Phi) is 7.82. The summed E-state index contributed by atoms with van der Waals surface area (Å²) < 4.78 is 49.4. The largest absolute Gasteiger partial charge is 0.360 e. The molecule has 166 valence electrons. The van der Waals surface area contributed by atoms with Crippen molar-refractivity contribution in [3.63, 3.8) is 0 Å². The Morgan fingerprint density at radius 2 is 1.97 bits per heavy atom. The lowest BCUT2D eigenvalue weighted by Crippen LogP contribution is -2.25. The van der Waals surface area contributed by atoms with Crippen molar-refractivity contribution in [2.24, 2.45) is 4.40 Å². The highest BCUT2D eigenvalue weighted by Crippen LogP contribution is 2.30. The first-order valence-corrected chi connectivity index (χ1v) is 15.5. The van der Waals surface area contributed by atoms with Gasteiger partial charge >= 0.3 is 0 Å². The van der Waals surface area contributed by atoms with E-state index in [4.69, 9.17) is 4.74 Å². The Bertz CT molecular complexity index is 1020. The van der Waals surface area contributed by atoms with Crippen LogP contribution in [0.5, 0.6) is 0 Å². The predicted octanol–water partition coefficient (Wildman–Crippen LogP) is 5.31. The molecule has 0 radical (unpaired) electrons. The number of nitrogens with zero attached hydrogens (tertiary/aromatic N) is 3. The molecule has 1 aromatic carbocycles. The van der Waals surface area contributed by atoms with Gasteiger partial charge in [0.25, 0.3) is 10.0 Å². The molecular weight excluding hydrogens is 489 g/mol. The van der Waals surface area contributed by atoms with Gasteiger partial charge in [0, 0.05) is 36.5 Å². The minimum absolute atomic E-state index is 0.213. The molecular formula is C20H29BrFN3O3SSi. The number of rotatable bonds is 8. The van der Waals surface area contributed by atoms with E-state index in [-0.39, 0.29) is 6.73 Å². The molecule has 2 rings (SSSR count). The molecule has 6 nitrogen and oxygen atoms in total. The van der Waals surface area contributed by atoms with E-state index in [1.54, 1.807) is 37.7 Å². The third-order valence-electron chi connectivity index (χ3n) is 4.30. The van der Waals surface area contributed by atoms with Crippen LogP contribution < -0.4 is 0 Å². The third kappa shape index (κ3) is 6.83. The number of sulfonamides is 1. The fourth-order valence-electron chi connectivity index (χ4n) is 2.31. The van der Waals surface area contributed by atoms with Gasteiger partial charge < -0.3 is 4.74 Å². The second-order valence-corrected chi connectivity index (χ2v) is 18.1. The van der Waals surface area contributed by atoms with Gasteiger partial charge in [-0.3, -0.25) is 0 Å². The molecule has 2 aromatic rings. The Morgan fingerprint density at radius 3 is 2.57 bits per heavy atom. The standard InChI is InChI=1S/C20H29BrFN3O3SSi/c1-20(2,3)29(26,27)23-12-15-13-25(14-28-9-10-30(4,5)6)24-19(15)17-11-16(22)7-8-18(17)21/h7-8,11-13H,9-10,14H2,1-6H3/b23-12+. The number of hydrogen-bond donors (Lipinski definition) is 0. The molecule has 10 heteroatoms. The van der Waals surface area contributed by atoms with Crippen molar-refractivity contribution in [2.45, 2.75) is 57.9 Å². The third-order valence-corrected chi connectivity index (χ3v) is 8.62. The number of halogens is 2. The SMILES string of the molecule is CC(C)(C)S(=O)(=O)/N=C/c1cn(COCC[Si](C)(C)C)nc1-c1cc(F)ccc1Br. The molecule has 0 bridgehead atoms. The quantitative estimate of drug-likeness (QED) is 0.270. The van der Waals surface area contributed by atoms with Crippen molar-refractivity contribution >= 4 is 40.2 Å². The van der Waals surface area contributed by atoms with Gasteiger partial charge in [-0.15, -0.1) is 0 Å². The van der Waals surface area contributed by atoms with E-state index < -0.39 is 28.7 Å². The number of hydrogen-bond acceptors (Lipinski definition) is 4. The summed E-state index contributed by atoms with van der Waals surface area (Å²) in [5, 5.41) is 4.50. The zero-order valence-corrected chi connectivity index (χ0v) is 21.6. The zero-order chi connectivity index (χ0) is 22.7. The molecule has 0 aliphatic carbocycles. The molecule has 0 aliphatic heterocycles. The van der Waals surface area contributed by atoms with Crippen LogP contribution in [0.3, 0.4) is 0 Å². The maximum atomic E-state index is 13.9. The Morgan fingerprint density at radius 1 is 1.30 bits per heavy atom. The van der Waals surface area contributed by atoms with Crippen molar-refractivity contribution < 1.29 is 17.5 Å². The maximum absolute atomic E-state index is 13.9. The second-order valence-electron chi connectivity index (χ2n) is 9.27. The lowest BCUT2D eigenvalue weighted by atomic mass is 10.1. The molecule has 1 heterocycles.